The van der Waals surface area contributed by atoms with E-state index in [4.69, 9.17) is 0 Å². The summed E-state index contributed by atoms with van der Waals surface area (Å²) >= 11 is 1.86. The number of thioether (sulfide) groups is 1. The first kappa shape index (κ1) is 21.2. The quantitative estimate of drug-likeness (QED) is 0.651. The highest BCUT2D eigenvalue weighted by Crippen LogP contribution is 2.39. The van der Waals surface area contributed by atoms with Gasteiger partial charge >= 0.3 is 6.03 Å². The van der Waals surface area contributed by atoms with Crippen molar-refractivity contribution in [1.29, 1.82) is 0 Å². The molecule has 1 aromatic carbocycles. The number of likely N-dealkylation sites (tertiary alicyclic amines) is 1. The number of urea groups is 1. The van der Waals surface area contributed by atoms with E-state index < -0.39 is 5.54 Å². The molecule has 2 aliphatic heterocycles. The molecule has 2 fully saturated rings. The molecule has 3 rings (SSSR count). The zero-order chi connectivity index (χ0) is 20.3. The second-order valence-electron chi connectivity index (χ2n) is 8.54. The van der Waals surface area contributed by atoms with Crippen LogP contribution in [0.1, 0.15) is 39.2 Å². The zero-order valence-electron chi connectivity index (χ0n) is 17.6. The summed E-state index contributed by atoms with van der Waals surface area (Å²) in [5.41, 5.74) is 0.393. The number of piperidine rings is 1. The van der Waals surface area contributed by atoms with Gasteiger partial charge in [0, 0.05) is 38.0 Å². The first-order valence-electron chi connectivity index (χ1n) is 10.3. The van der Waals surface area contributed by atoms with Crippen molar-refractivity contribution in [3.8, 4) is 0 Å². The highest BCUT2D eigenvalue weighted by atomic mass is 32.2. The van der Waals surface area contributed by atoms with Crippen LogP contribution in [0.3, 0.4) is 0 Å². The summed E-state index contributed by atoms with van der Waals surface area (Å²) in [5.74, 6) is 1.37. The van der Waals surface area contributed by atoms with E-state index >= 15 is 0 Å². The molecular formula is C22H33N3O2S. The van der Waals surface area contributed by atoms with Crippen molar-refractivity contribution in [2.24, 2.45) is 5.92 Å². The maximum atomic E-state index is 13.5. The summed E-state index contributed by atoms with van der Waals surface area (Å²) in [7, 11) is 0. The molecule has 0 N–H and O–H groups in total. The zero-order valence-corrected chi connectivity index (χ0v) is 18.4. The van der Waals surface area contributed by atoms with Crippen LogP contribution in [0, 0.1) is 5.92 Å². The van der Waals surface area contributed by atoms with Crippen LogP contribution in [-0.2, 0) is 11.3 Å². The normalized spacial score (nSPS) is 21.2. The van der Waals surface area contributed by atoms with Gasteiger partial charge in [0.1, 0.15) is 5.54 Å². The second-order valence-corrected chi connectivity index (χ2v) is 9.45. The summed E-state index contributed by atoms with van der Waals surface area (Å²) in [6.07, 6.45) is 3.57. The Morgan fingerprint density at radius 1 is 1.07 bits per heavy atom. The molecule has 2 aliphatic rings. The topological polar surface area (TPSA) is 43.9 Å². The Kier molecular flexibility index (Phi) is 6.71. The van der Waals surface area contributed by atoms with Gasteiger partial charge in [-0.05, 0) is 37.5 Å². The Bertz CT molecular complexity index is 686. The fraction of sp³-hybridized carbons (Fsp3) is 0.636. The van der Waals surface area contributed by atoms with E-state index in [0.717, 1.165) is 37.2 Å². The standard InChI is InChI=1S/C22H33N3O2S/c1-17(2)14-24-20(26)22(10-12-23(13-11-22)18(3)16-28-4)25(21(24)27)15-19-8-6-5-7-9-19/h5-9,17-18H,10-16H2,1-4H3. The van der Waals surface area contributed by atoms with E-state index in [0.29, 0.717) is 19.1 Å². The lowest BCUT2D eigenvalue weighted by Crippen LogP contribution is -2.57. The molecule has 0 bridgehead atoms. The van der Waals surface area contributed by atoms with Gasteiger partial charge in [-0.2, -0.15) is 11.8 Å². The molecule has 0 saturated carbocycles. The molecule has 2 saturated heterocycles. The van der Waals surface area contributed by atoms with E-state index in [-0.39, 0.29) is 17.9 Å². The average Bonchev–Trinajstić information content (AvgIpc) is 2.86. The van der Waals surface area contributed by atoms with Gasteiger partial charge in [-0.1, -0.05) is 44.2 Å². The van der Waals surface area contributed by atoms with Crippen LogP contribution in [0.2, 0.25) is 0 Å². The highest BCUT2D eigenvalue weighted by Gasteiger charge is 2.57. The molecule has 1 unspecified atom stereocenters. The Hall–Kier alpha value is -1.53. The number of amides is 3. The van der Waals surface area contributed by atoms with E-state index in [1.165, 1.54) is 4.90 Å². The van der Waals surface area contributed by atoms with E-state index in [1.807, 2.05) is 47.0 Å². The van der Waals surface area contributed by atoms with Crippen LogP contribution in [0.15, 0.2) is 30.3 Å². The smallest absolute Gasteiger partial charge is 0.305 e. The van der Waals surface area contributed by atoms with Crippen molar-refractivity contribution in [2.75, 3.05) is 31.6 Å². The van der Waals surface area contributed by atoms with Gasteiger partial charge < -0.3 is 4.90 Å². The number of rotatable bonds is 7. The fourth-order valence-electron chi connectivity index (χ4n) is 4.46. The van der Waals surface area contributed by atoms with Crippen molar-refractivity contribution in [2.45, 2.75) is 51.7 Å². The lowest BCUT2D eigenvalue weighted by molar-refractivity contribution is -0.136. The number of hydrogen-bond acceptors (Lipinski definition) is 4. The minimum absolute atomic E-state index is 0.0132. The number of hydrogen-bond donors (Lipinski definition) is 0. The van der Waals surface area contributed by atoms with Gasteiger partial charge in [0.2, 0.25) is 0 Å². The lowest BCUT2D eigenvalue weighted by Gasteiger charge is -2.44. The minimum atomic E-state index is -0.683. The lowest BCUT2D eigenvalue weighted by atomic mass is 9.85. The number of benzene rings is 1. The fourth-order valence-corrected chi connectivity index (χ4v) is 5.15. The molecule has 2 heterocycles. The summed E-state index contributed by atoms with van der Waals surface area (Å²) in [5, 5.41) is 0. The van der Waals surface area contributed by atoms with Gasteiger partial charge in [0.15, 0.2) is 0 Å². The van der Waals surface area contributed by atoms with E-state index in [2.05, 4.69) is 31.9 Å². The molecule has 0 aliphatic carbocycles. The van der Waals surface area contributed by atoms with Gasteiger partial charge in [0.25, 0.3) is 5.91 Å². The van der Waals surface area contributed by atoms with E-state index in [1.54, 1.807) is 0 Å². The SMILES string of the molecule is CSCC(C)N1CCC2(CC1)C(=O)N(CC(C)C)C(=O)N2Cc1ccccc1. The third kappa shape index (κ3) is 4.08. The maximum Gasteiger partial charge on any atom is 0.327 e. The molecule has 0 radical (unpaired) electrons. The average molecular weight is 404 g/mol. The summed E-state index contributed by atoms with van der Waals surface area (Å²) in [6, 6.07) is 10.4. The van der Waals surface area contributed by atoms with Gasteiger partial charge in [0.05, 0.1) is 0 Å². The van der Waals surface area contributed by atoms with Crippen molar-refractivity contribution in [1.82, 2.24) is 14.7 Å². The first-order valence-corrected chi connectivity index (χ1v) is 11.7. The molecule has 1 atom stereocenters. The van der Waals surface area contributed by atoms with Gasteiger partial charge in [-0.3, -0.25) is 14.6 Å². The van der Waals surface area contributed by atoms with Crippen molar-refractivity contribution in [3.63, 3.8) is 0 Å². The van der Waals surface area contributed by atoms with Crippen LogP contribution in [0.5, 0.6) is 0 Å². The Morgan fingerprint density at radius 2 is 1.71 bits per heavy atom. The Balaban J connectivity index is 1.85. The molecule has 1 spiro atoms. The highest BCUT2D eigenvalue weighted by molar-refractivity contribution is 7.98. The van der Waals surface area contributed by atoms with Crippen LogP contribution in [0.4, 0.5) is 4.79 Å². The Labute approximate surface area is 173 Å². The van der Waals surface area contributed by atoms with Crippen LogP contribution < -0.4 is 0 Å². The molecule has 3 amide bonds. The minimum Gasteiger partial charge on any atom is -0.305 e. The third-order valence-corrected chi connectivity index (χ3v) is 6.83. The van der Waals surface area contributed by atoms with Crippen molar-refractivity contribution >= 4 is 23.7 Å². The van der Waals surface area contributed by atoms with Crippen LogP contribution in [0.25, 0.3) is 0 Å². The monoisotopic (exact) mass is 403 g/mol. The first-order chi connectivity index (χ1) is 13.4. The largest absolute Gasteiger partial charge is 0.327 e. The summed E-state index contributed by atoms with van der Waals surface area (Å²) in [4.78, 5) is 32.6. The summed E-state index contributed by atoms with van der Waals surface area (Å²) in [6.45, 7) is 9.09. The second kappa shape index (κ2) is 8.87. The van der Waals surface area contributed by atoms with Crippen LogP contribution in [-0.4, -0.2) is 69.9 Å². The number of imide groups is 1. The predicted molar refractivity (Wildman–Crippen MR) is 115 cm³/mol. The maximum absolute atomic E-state index is 13.5. The molecule has 28 heavy (non-hydrogen) atoms. The van der Waals surface area contributed by atoms with Gasteiger partial charge in [-0.15, -0.1) is 0 Å². The number of carbonyl (C=O) groups is 2. The Morgan fingerprint density at radius 3 is 2.29 bits per heavy atom. The number of carbonyl (C=O) groups excluding carboxylic acids is 2. The van der Waals surface area contributed by atoms with Crippen LogP contribution >= 0.6 is 11.8 Å². The molecule has 6 heteroatoms. The van der Waals surface area contributed by atoms with Crippen molar-refractivity contribution in [3.05, 3.63) is 35.9 Å². The molecule has 5 nitrogen and oxygen atoms in total. The van der Waals surface area contributed by atoms with E-state index in [9.17, 15) is 9.59 Å². The predicted octanol–water partition coefficient (Wildman–Crippen LogP) is 3.69. The molecule has 1 aromatic rings. The number of nitrogens with zero attached hydrogens (tertiary/aromatic N) is 3. The molecular weight excluding hydrogens is 370 g/mol. The van der Waals surface area contributed by atoms with Gasteiger partial charge in [-0.25, -0.2) is 4.79 Å². The molecule has 0 aromatic heterocycles. The third-order valence-electron chi connectivity index (χ3n) is 6.01. The van der Waals surface area contributed by atoms with Crippen molar-refractivity contribution < 1.29 is 9.59 Å². The summed E-state index contributed by atoms with van der Waals surface area (Å²) < 4.78 is 0. The molecule has 154 valence electrons.